The molecule has 0 radical (unpaired) electrons. The van der Waals surface area contributed by atoms with Crippen LogP contribution in [0.5, 0.6) is 0 Å². The molecule has 5 N–H and O–H groups in total. The van der Waals surface area contributed by atoms with Crippen LogP contribution in [-0.2, 0) is 4.79 Å². The first kappa shape index (κ1) is 13.8. The van der Waals surface area contributed by atoms with Crippen molar-refractivity contribution < 1.29 is 4.79 Å². The first-order chi connectivity index (χ1) is 8.70. The zero-order valence-electron chi connectivity index (χ0n) is 11.2. The lowest BCUT2D eigenvalue weighted by molar-refractivity contribution is -0.122. The second kappa shape index (κ2) is 6.53. The highest BCUT2D eigenvalue weighted by atomic mass is 16.1. The highest BCUT2D eigenvalue weighted by molar-refractivity contribution is 5.76. The number of primary amides is 1. The maximum atomic E-state index is 11.1. The Kier molecular flexibility index (Phi) is 5.01. The van der Waals surface area contributed by atoms with Crippen LogP contribution in [0.3, 0.4) is 0 Å². The molecule has 18 heavy (non-hydrogen) atoms. The third-order valence-electron chi connectivity index (χ3n) is 4.79. The van der Waals surface area contributed by atoms with E-state index in [1.165, 1.54) is 25.7 Å². The molecule has 2 saturated carbocycles. The molecule has 0 saturated heterocycles. The summed E-state index contributed by atoms with van der Waals surface area (Å²) >= 11 is 0. The Morgan fingerprint density at radius 1 is 1.06 bits per heavy atom. The topological polar surface area (TPSA) is 81.1 Å². The van der Waals surface area contributed by atoms with Crippen molar-refractivity contribution in [2.45, 2.75) is 63.5 Å². The van der Waals surface area contributed by atoms with Gasteiger partial charge in [-0.05, 0) is 51.0 Å². The van der Waals surface area contributed by atoms with E-state index in [4.69, 9.17) is 11.5 Å². The van der Waals surface area contributed by atoms with Gasteiger partial charge in [0.25, 0.3) is 0 Å². The molecular formula is C14H27N3O. The summed E-state index contributed by atoms with van der Waals surface area (Å²) in [6, 6.07) is 1.16. The van der Waals surface area contributed by atoms with Crippen LogP contribution in [0.15, 0.2) is 0 Å². The third-order valence-corrected chi connectivity index (χ3v) is 4.79. The minimum absolute atomic E-state index is 0.111. The van der Waals surface area contributed by atoms with Gasteiger partial charge in [0.1, 0.15) is 0 Å². The average Bonchev–Trinajstić information content (AvgIpc) is 2.40. The molecular weight excluding hydrogens is 226 g/mol. The zero-order chi connectivity index (χ0) is 13.0. The number of carbonyl (C=O) groups excluding carboxylic acids is 1. The summed E-state index contributed by atoms with van der Waals surface area (Å²) in [4.78, 5) is 11.1. The number of hydrogen-bond donors (Lipinski definition) is 3. The fraction of sp³-hybridized carbons (Fsp3) is 0.929. The van der Waals surface area contributed by atoms with Crippen LogP contribution in [-0.4, -0.2) is 24.5 Å². The number of rotatable bonds is 4. The molecule has 0 heterocycles. The predicted octanol–water partition coefficient (Wildman–Crippen LogP) is 1.14. The summed E-state index contributed by atoms with van der Waals surface area (Å²) in [6.45, 7) is 0.800. The Morgan fingerprint density at radius 3 is 2.33 bits per heavy atom. The van der Waals surface area contributed by atoms with Crippen LogP contribution in [0, 0.1) is 11.8 Å². The molecule has 2 aliphatic rings. The molecule has 1 amide bonds. The highest BCUT2D eigenvalue weighted by Gasteiger charge is 2.29. The minimum Gasteiger partial charge on any atom is -0.369 e. The number of nitrogens with two attached hydrogens (primary N) is 2. The first-order valence-corrected chi connectivity index (χ1v) is 7.46. The Morgan fingerprint density at radius 2 is 1.72 bits per heavy atom. The van der Waals surface area contributed by atoms with E-state index < -0.39 is 0 Å². The standard InChI is InChI=1S/C14H27N3O/c15-9-11-3-1-2-4-13(11)17-12-7-5-10(6-8-12)14(16)18/h10-13,17H,1-9,15H2,(H2,16,18). The SMILES string of the molecule is NCC1CCCCC1NC1CCC(C(N)=O)CC1. The van der Waals surface area contributed by atoms with Crippen molar-refractivity contribution in [2.75, 3.05) is 6.54 Å². The summed E-state index contributed by atoms with van der Waals surface area (Å²) < 4.78 is 0. The fourth-order valence-electron chi connectivity index (χ4n) is 3.56. The predicted molar refractivity (Wildman–Crippen MR) is 72.9 cm³/mol. The molecule has 0 spiro atoms. The summed E-state index contributed by atoms with van der Waals surface area (Å²) in [7, 11) is 0. The maximum Gasteiger partial charge on any atom is 0.220 e. The van der Waals surface area contributed by atoms with Gasteiger partial charge < -0.3 is 16.8 Å². The van der Waals surface area contributed by atoms with Crippen LogP contribution in [0.25, 0.3) is 0 Å². The molecule has 2 fully saturated rings. The van der Waals surface area contributed by atoms with Crippen molar-refractivity contribution in [3.05, 3.63) is 0 Å². The summed E-state index contributed by atoms with van der Waals surface area (Å²) in [5, 5.41) is 3.79. The molecule has 2 rings (SSSR count). The number of amides is 1. The van der Waals surface area contributed by atoms with Crippen LogP contribution in [0.2, 0.25) is 0 Å². The van der Waals surface area contributed by atoms with Crippen molar-refractivity contribution in [1.29, 1.82) is 0 Å². The van der Waals surface area contributed by atoms with Gasteiger partial charge in [-0.1, -0.05) is 12.8 Å². The zero-order valence-corrected chi connectivity index (χ0v) is 11.2. The van der Waals surface area contributed by atoms with Gasteiger partial charge in [-0.25, -0.2) is 0 Å². The number of nitrogens with one attached hydrogen (secondary N) is 1. The fourth-order valence-corrected chi connectivity index (χ4v) is 3.56. The van der Waals surface area contributed by atoms with Gasteiger partial charge in [0, 0.05) is 18.0 Å². The van der Waals surface area contributed by atoms with Crippen LogP contribution < -0.4 is 16.8 Å². The summed E-state index contributed by atoms with van der Waals surface area (Å²) in [6.07, 6.45) is 9.25. The van der Waals surface area contributed by atoms with E-state index in [2.05, 4.69) is 5.32 Å². The molecule has 2 unspecified atom stereocenters. The third kappa shape index (κ3) is 3.45. The average molecular weight is 253 g/mol. The lowest BCUT2D eigenvalue weighted by atomic mass is 9.81. The lowest BCUT2D eigenvalue weighted by Crippen LogP contribution is -2.48. The van der Waals surface area contributed by atoms with Gasteiger partial charge in [0.05, 0.1) is 0 Å². The number of hydrogen-bond acceptors (Lipinski definition) is 3. The number of carbonyl (C=O) groups is 1. The van der Waals surface area contributed by atoms with Gasteiger partial charge in [-0.2, -0.15) is 0 Å². The molecule has 0 bridgehead atoms. The van der Waals surface area contributed by atoms with E-state index >= 15 is 0 Å². The normalized spacial score (nSPS) is 37.4. The monoisotopic (exact) mass is 253 g/mol. The van der Waals surface area contributed by atoms with E-state index in [1.54, 1.807) is 0 Å². The Bertz CT molecular complexity index is 274. The van der Waals surface area contributed by atoms with E-state index in [-0.39, 0.29) is 11.8 Å². The highest BCUT2D eigenvalue weighted by Crippen LogP contribution is 2.28. The largest absolute Gasteiger partial charge is 0.369 e. The Hall–Kier alpha value is -0.610. The Balaban J connectivity index is 1.78. The van der Waals surface area contributed by atoms with E-state index in [9.17, 15) is 4.79 Å². The van der Waals surface area contributed by atoms with Gasteiger partial charge in [-0.15, -0.1) is 0 Å². The quantitative estimate of drug-likeness (QED) is 0.702. The van der Waals surface area contributed by atoms with Crippen LogP contribution in [0.4, 0.5) is 0 Å². The molecule has 4 heteroatoms. The molecule has 104 valence electrons. The summed E-state index contributed by atoms with van der Waals surface area (Å²) in [5.74, 6) is 0.637. The van der Waals surface area contributed by atoms with E-state index in [1.807, 2.05) is 0 Å². The van der Waals surface area contributed by atoms with Crippen molar-refractivity contribution in [3.63, 3.8) is 0 Å². The molecule has 0 aromatic rings. The van der Waals surface area contributed by atoms with Crippen molar-refractivity contribution in [1.82, 2.24) is 5.32 Å². The second-order valence-electron chi connectivity index (χ2n) is 6.00. The smallest absolute Gasteiger partial charge is 0.220 e. The van der Waals surface area contributed by atoms with Crippen LogP contribution in [0.1, 0.15) is 51.4 Å². The van der Waals surface area contributed by atoms with Crippen LogP contribution >= 0.6 is 0 Å². The lowest BCUT2D eigenvalue weighted by Gasteiger charge is -2.37. The molecule has 2 aliphatic carbocycles. The van der Waals surface area contributed by atoms with Gasteiger partial charge >= 0.3 is 0 Å². The molecule has 0 aromatic heterocycles. The van der Waals surface area contributed by atoms with E-state index in [0.717, 1.165) is 32.2 Å². The van der Waals surface area contributed by atoms with Crippen molar-refractivity contribution >= 4 is 5.91 Å². The second-order valence-corrected chi connectivity index (χ2v) is 6.00. The van der Waals surface area contributed by atoms with Crippen molar-refractivity contribution in [3.8, 4) is 0 Å². The van der Waals surface area contributed by atoms with E-state index in [0.29, 0.717) is 18.0 Å². The van der Waals surface area contributed by atoms with Crippen molar-refractivity contribution in [2.24, 2.45) is 23.3 Å². The first-order valence-electron chi connectivity index (χ1n) is 7.46. The van der Waals surface area contributed by atoms with Gasteiger partial charge in [0.2, 0.25) is 5.91 Å². The maximum absolute atomic E-state index is 11.1. The Labute approximate surface area is 110 Å². The molecule has 0 aliphatic heterocycles. The molecule has 2 atom stereocenters. The van der Waals surface area contributed by atoms with Gasteiger partial charge in [0.15, 0.2) is 0 Å². The van der Waals surface area contributed by atoms with Gasteiger partial charge in [-0.3, -0.25) is 4.79 Å². The molecule has 4 nitrogen and oxygen atoms in total. The minimum atomic E-state index is -0.119. The molecule has 0 aromatic carbocycles. The summed E-state index contributed by atoms with van der Waals surface area (Å²) in [5.41, 5.74) is 11.2.